The van der Waals surface area contributed by atoms with Crippen LogP contribution in [0.4, 0.5) is 11.4 Å². The monoisotopic (exact) mass is 334 g/mol. The Morgan fingerprint density at radius 3 is 2.65 bits per heavy atom. The number of hydrogen-bond acceptors (Lipinski definition) is 6. The molecule has 0 aliphatic rings. The van der Waals surface area contributed by atoms with Gasteiger partial charge in [0.25, 0.3) is 0 Å². The number of thioether (sulfide) groups is 1. The van der Waals surface area contributed by atoms with E-state index in [4.69, 9.17) is 10.1 Å². The Morgan fingerprint density at radius 1 is 1.39 bits per heavy atom. The smallest absolute Gasteiger partial charge is 0.305 e. The molecule has 0 heterocycles. The van der Waals surface area contributed by atoms with Crippen LogP contribution >= 0.6 is 11.8 Å². The van der Waals surface area contributed by atoms with Crippen molar-refractivity contribution in [2.75, 3.05) is 24.6 Å². The summed E-state index contributed by atoms with van der Waals surface area (Å²) in [7, 11) is 0. The van der Waals surface area contributed by atoms with Crippen LogP contribution in [0, 0.1) is 5.41 Å². The molecule has 1 aromatic rings. The van der Waals surface area contributed by atoms with Crippen LogP contribution < -0.4 is 4.90 Å². The first-order valence-electron chi connectivity index (χ1n) is 7.39. The fraction of sp³-hybridized carbons (Fsp3) is 0.375. The van der Waals surface area contributed by atoms with Crippen molar-refractivity contribution in [3.63, 3.8) is 0 Å². The van der Waals surface area contributed by atoms with Gasteiger partial charge in [0.15, 0.2) is 0 Å². The van der Waals surface area contributed by atoms with Crippen molar-refractivity contribution in [2.24, 2.45) is 10.2 Å². The SMILES string of the molecule is C=CSC(=N)N=Nc1ccc(N(CC)CCOC(=O)CC)cc1. The van der Waals surface area contributed by atoms with Crippen LogP contribution in [0.15, 0.2) is 46.5 Å². The fourth-order valence-corrected chi connectivity index (χ4v) is 2.02. The lowest BCUT2D eigenvalue weighted by Crippen LogP contribution is -2.27. The van der Waals surface area contributed by atoms with Gasteiger partial charge in [-0.2, -0.15) is 0 Å². The molecule has 0 radical (unpaired) electrons. The molecule has 0 saturated heterocycles. The van der Waals surface area contributed by atoms with Crippen LogP contribution in [0.1, 0.15) is 20.3 Å². The van der Waals surface area contributed by atoms with E-state index in [2.05, 4.69) is 21.7 Å². The van der Waals surface area contributed by atoms with Gasteiger partial charge in [0.2, 0.25) is 5.17 Å². The number of nitrogens with zero attached hydrogens (tertiary/aromatic N) is 3. The second-order valence-electron chi connectivity index (χ2n) is 4.46. The number of hydrogen-bond donors (Lipinski definition) is 1. The standard InChI is InChI=1S/C16H22N4O2S/c1-4-15(21)22-12-11-20(5-2)14-9-7-13(8-10-14)18-19-16(17)23-6-3/h6-10,17H,3-5,11-12H2,1-2H3. The van der Waals surface area contributed by atoms with E-state index in [1.807, 2.05) is 31.2 Å². The molecule has 0 atom stereocenters. The molecule has 0 unspecified atom stereocenters. The molecule has 7 heteroatoms. The van der Waals surface area contributed by atoms with Gasteiger partial charge in [0.1, 0.15) is 6.61 Å². The van der Waals surface area contributed by atoms with Gasteiger partial charge in [-0.25, -0.2) is 0 Å². The van der Waals surface area contributed by atoms with Crippen molar-refractivity contribution in [1.82, 2.24) is 0 Å². The number of nitrogens with one attached hydrogen (secondary N) is 1. The summed E-state index contributed by atoms with van der Waals surface area (Å²) < 4.78 is 5.11. The molecule has 124 valence electrons. The first kappa shape index (κ1) is 18.9. The van der Waals surface area contributed by atoms with E-state index < -0.39 is 0 Å². The quantitative estimate of drug-likeness (QED) is 0.331. The number of carbonyl (C=O) groups is 1. The third kappa shape index (κ3) is 7.10. The lowest BCUT2D eigenvalue weighted by Gasteiger charge is -2.22. The number of anilines is 1. The summed E-state index contributed by atoms with van der Waals surface area (Å²) in [5.74, 6) is -0.184. The van der Waals surface area contributed by atoms with Crippen molar-refractivity contribution in [3.05, 3.63) is 36.3 Å². The van der Waals surface area contributed by atoms with Gasteiger partial charge in [-0.05, 0) is 36.6 Å². The molecule has 23 heavy (non-hydrogen) atoms. The Hall–Kier alpha value is -2.15. The molecule has 0 bridgehead atoms. The summed E-state index contributed by atoms with van der Waals surface area (Å²) in [6, 6.07) is 7.55. The zero-order chi connectivity index (χ0) is 17.1. The third-order valence-corrected chi connectivity index (χ3v) is 3.43. The first-order chi connectivity index (χ1) is 11.1. The van der Waals surface area contributed by atoms with Crippen LogP contribution in [0.5, 0.6) is 0 Å². The van der Waals surface area contributed by atoms with Crippen LogP contribution in [0.2, 0.25) is 0 Å². The number of rotatable bonds is 8. The molecule has 0 saturated carbocycles. The first-order valence-corrected chi connectivity index (χ1v) is 8.27. The number of amidine groups is 1. The normalized spacial score (nSPS) is 10.5. The zero-order valence-electron chi connectivity index (χ0n) is 13.5. The van der Waals surface area contributed by atoms with E-state index >= 15 is 0 Å². The zero-order valence-corrected chi connectivity index (χ0v) is 14.3. The molecule has 0 spiro atoms. The van der Waals surface area contributed by atoms with E-state index in [0.717, 1.165) is 24.0 Å². The predicted octanol–water partition coefficient (Wildman–Crippen LogP) is 4.36. The maximum atomic E-state index is 11.1. The highest BCUT2D eigenvalue weighted by Gasteiger charge is 2.06. The number of esters is 1. The van der Waals surface area contributed by atoms with E-state index in [1.54, 1.807) is 6.92 Å². The lowest BCUT2D eigenvalue weighted by atomic mass is 10.2. The van der Waals surface area contributed by atoms with Crippen LogP contribution in [0.3, 0.4) is 0 Å². The van der Waals surface area contributed by atoms with Crippen molar-refractivity contribution in [2.45, 2.75) is 20.3 Å². The molecule has 0 fully saturated rings. The second-order valence-corrected chi connectivity index (χ2v) is 5.42. The summed E-state index contributed by atoms with van der Waals surface area (Å²) in [4.78, 5) is 13.3. The highest BCUT2D eigenvalue weighted by Crippen LogP contribution is 2.20. The van der Waals surface area contributed by atoms with Gasteiger partial charge in [-0.1, -0.05) is 25.3 Å². The number of azo groups is 1. The molecular weight excluding hydrogens is 312 g/mol. The molecule has 6 nitrogen and oxygen atoms in total. The van der Waals surface area contributed by atoms with E-state index in [1.165, 1.54) is 5.41 Å². The minimum absolute atomic E-state index is 0.0944. The Bertz CT molecular complexity index is 558. The molecule has 0 aliphatic heterocycles. The summed E-state index contributed by atoms with van der Waals surface area (Å²) in [5.41, 5.74) is 1.70. The van der Waals surface area contributed by atoms with Gasteiger partial charge in [-0.3, -0.25) is 10.2 Å². The summed E-state index contributed by atoms with van der Waals surface area (Å²) in [6.45, 7) is 9.17. The van der Waals surface area contributed by atoms with Gasteiger partial charge in [-0.15, -0.1) is 10.2 Å². The van der Waals surface area contributed by atoms with Gasteiger partial charge >= 0.3 is 5.97 Å². The Labute approximate surface area is 141 Å². The number of benzene rings is 1. The summed E-state index contributed by atoms with van der Waals surface area (Å²) in [5, 5.41) is 16.9. The van der Waals surface area contributed by atoms with Crippen LogP contribution in [-0.2, 0) is 9.53 Å². The number of ether oxygens (including phenoxy) is 1. The molecule has 1 rings (SSSR count). The van der Waals surface area contributed by atoms with Gasteiger partial charge in [0.05, 0.1) is 12.2 Å². The maximum absolute atomic E-state index is 11.1. The third-order valence-electron chi connectivity index (χ3n) is 2.96. The largest absolute Gasteiger partial charge is 0.464 e. The molecular formula is C16H22N4O2S. The van der Waals surface area contributed by atoms with Crippen molar-refractivity contribution < 1.29 is 9.53 Å². The summed E-state index contributed by atoms with van der Waals surface area (Å²) >= 11 is 1.11. The number of likely N-dealkylation sites (N-methyl/N-ethyl adjacent to an activating group) is 1. The predicted molar refractivity (Wildman–Crippen MR) is 95.6 cm³/mol. The average Bonchev–Trinajstić information content (AvgIpc) is 2.57. The molecule has 0 aliphatic carbocycles. The van der Waals surface area contributed by atoms with Crippen LogP contribution in [0.25, 0.3) is 0 Å². The van der Waals surface area contributed by atoms with Crippen molar-refractivity contribution >= 4 is 34.3 Å². The number of carbonyl (C=O) groups excluding carboxylic acids is 1. The lowest BCUT2D eigenvalue weighted by molar-refractivity contribution is -0.142. The van der Waals surface area contributed by atoms with Crippen molar-refractivity contribution in [1.29, 1.82) is 5.41 Å². The van der Waals surface area contributed by atoms with Crippen molar-refractivity contribution in [3.8, 4) is 0 Å². The minimum atomic E-state index is -0.184. The van der Waals surface area contributed by atoms with Crippen LogP contribution in [-0.4, -0.2) is 30.8 Å². The average molecular weight is 334 g/mol. The molecule has 1 N–H and O–H groups in total. The maximum Gasteiger partial charge on any atom is 0.305 e. The van der Waals surface area contributed by atoms with E-state index in [0.29, 0.717) is 25.3 Å². The Kier molecular flexibility index (Phi) is 8.67. The summed E-state index contributed by atoms with van der Waals surface area (Å²) in [6.07, 6.45) is 0.394. The van der Waals surface area contributed by atoms with Gasteiger partial charge < -0.3 is 9.64 Å². The Balaban J connectivity index is 2.60. The molecule has 0 aromatic heterocycles. The molecule has 1 aromatic carbocycles. The highest BCUT2D eigenvalue weighted by atomic mass is 32.2. The molecule has 0 amide bonds. The topological polar surface area (TPSA) is 78.1 Å². The van der Waals surface area contributed by atoms with Gasteiger partial charge in [0, 0.05) is 18.7 Å². The Morgan fingerprint density at radius 2 is 2.09 bits per heavy atom. The van der Waals surface area contributed by atoms with E-state index in [9.17, 15) is 4.79 Å². The second kappa shape index (κ2) is 10.6. The van der Waals surface area contributed by atoms with E-state index in [-0.39, 0.29) is 11.1 Å². The minimum Gasteiger partial charge on any atom is -0.464 e. The fourth-order valence-electron chi connectivity index (χ4n) is 1.78. The highest BCUT2D eigenvalue weighted by molar-refractivity contribution is 8.16.